The van der Waals surface area contributed by atoms with Crippen LogP contribution < -0.4 is 0 Å². The maximum absolute atomic E-state index is 12.7. The smallest absolute Gasteiger partial charge is 0.258 e. The van der Waals surface area contributed by atoms with Gasteiger partial charge in [-0.2, -0.15) is 0 Å². The Morgan fingerprint density at radius 3 is 2.75 bits per heavy atom. The highest BCUT2D eigenvalue weighted by molar-refractivity contribution is 5.95. The largest absolute Gasteiger partial charge is 0.466 e. The summed E-state index contributed by atoms with van der Waals surface area (Å²) in [6, 6.07) is 3.70. The van der Waals surface area contributed by atoms with Crippen molar-refractivity contribution in [3.63, 3.8) is 0 Å². The standard InChI is InChI=1S/C15H18N2O3/c1-9-7-14(20-16-9)13-5-4-6-17(13)15(18)12-8-10(2)19-11(12)3/h7-8,13H,4-6H2,1-3H3/t13-/m1/s1. The molecule has 106 valence electrons. The molecule has 5 nitrogen and oxygen atoms in total. The number of carbonyl (C=O) groups excluding carboxylic acids is 1. The van der Waals surface area contributed by atoms with E-state index < -0.39 is 0 Å². The summed E-state index contributed by atoms with van der Waals surface area (Å²) in [6.45, 7) is 6.31. The zero-order chi connectivity index (χ0) is 14.3. The van der Waals surface area contributed by atoms with E-state index in [9.17, 15) is 4.79 Å². The minimum atomic E-state index is -0.0155. The first-order valence-corrected chi connectivity index (χ1v) is 6.87. The van der Waals surface area contributed by atoms with E-state index in [0.717, 1.165) is 36.6 Å². The lowest BCUT2D eigenvalue weighted by Crippen LogP contribution is -2.30. The average molecular weight is 274 g/mol. The molecule has 0 bridgehead atoms. The number of rotatable bonds is 2. The monoisotopic (exact) mass is 274 g/mol. The van der Waals surface area contributed by atoms with Gasteiger partial charge in [-0.1, -0.05) is 5.16 Å². The van der Waals surface area contributed by atoms with E-state index in [-0.39, 0.29) is 11.9 Å². The molecule has 0 aromatic carbocycles. The molecule has 0 spiro atoms. The van der Waals surface area contributed by atoms with Gasteiger partial charge < -0.3 is 13.8 Å². The molecule has 1 fully saturated rings. The van der Waals surface area contributed by atoms with Gasteiger partial charge in [0.2, 0.25) is 0 Å². The average Bonchev–Trinajstić information content (AvgIpc) is 3.08. The van der Waals surface area contributed by atoms with E-state index in [1.54, 1.807) is 6.07 Å². The highest BCUT2D eigenvalue weighted by Crippen LogP contribution is 2.34. The maximum Gasteiger partial charge on any atom is 0.258 e. The third-order valence-corrected chi connectivity index (χ3v) is 3.76. The first-order chi connectivity index (χ1) is 9.56. The third kappa shape index (κ3) is 2.13. The van der Waals surface area contributed by atoms with Crippen molar-refractivity contribution in [1.82, 2.24) is 10.1 Å². The molecule has 2 aromatic heterocycles. The maximum atomic E-state index is 12.7. The lowest BCUT2D eigenvalue weighted by molar-refractivity contribution is 0.0713. The topological polar surface area (TPSA) is 59.5 Å². The summed E-state index contributed by atoms with van der Waals surface area (Å²) in [7, 11) is 0. The van der Waals surface area contributed by atoms with Crippen LogP contribution in [0.15, 0.2) is 21.1 Å². The van der Waals surface area contributed by atoms with Gasteiger partial charge in [0.1, 0.15) is 11.5 Å². The highest BCUT2D eigenvalue weighted by atomic mass is 16.5. The Bertz CT molecular complexity index is 641. The molecule has 3 heterocycles. The first-order valence-electron chi connectivity index (χ1n) is 6.87. The Labute approximate surface area is 117 Å². The number of hydrogen-bond donors (Lipinski definition) is 0. The van der Waals surface area contributed by atoms with Gasteiger partial charge in [-0.15, -0.1) is 0 Å². The zero-order valence-corrected chi connectivity index (χ0v) is 12.0. The lowest BCUT2D eigenvalue weighted by Gasteiger charge is -2.22. The van der Waals surface area contributed by atoms with Crippen molar-refractivity contribution >= 4 is 5.91 Å². The molecule has 0 unspecified atom stereocenters. The molecule has 1 atom stereocenters. The highest BCUT2D eigenvalue weighted by Gasteiger charge is 2.34. The van der Waals surface area contributed by atoms with Crippen LogP contribution in [-0.2, 0) is 0 Å². The van der Waals surface area contributed by atoms with E-state index in [1.165, 1.54) is 0 Å². The lowest BCUT2D eigenvalue weighted by atomic mass is 10.1. The molecule has 1 aliphatic heterocycles. The minimum Gasteiger partial charge on any atom is -0.466 e. The molecule has 5 heteroatoms. The quantitative estimate of drug-likeness (QED) is 0.844. The van der Waals surface area contributed by atoms with E-state index in [2.05, 4.69) is 5.16 Å². The van der Waals surface area contributed by atoms with Crippen LogP contribution in [0.1, 0.15) is 52.2 Å². The van der Waals surface area contributed by atoms with Crippen molar-refractivity contribution < 1.29 is 13.7 Å². The van der Waals surface area contributed by atoms with Crippen molar-refractivity contribution in [2.75, 3.05) is 6.54 Å². The Balaban J connectivity index is 1.89. The van der Waals surface area contributed by atoms with Crippen molar-refractivity contribution in [2.24, 2.45) is 0 Å². The van der Waals surface area contributed by atoms with E-state index in [4.69, 9.17) is 8.94 Å². The van der Waals surface area contributed by atoms with E-state index in [0.29, 0.717) is 11.3 Å². The summed E-state index contributed by atoms with van der Waals surface area (Å²) in [4.78, 5) is 14.5. The SMILES string of the molecule is Cc1cc([C@H]2CCCN2C(=O)c2cc(C)oc2C)on1. The number of likely N-dealkylation sites (tertiary alicyclic amines) is 1. The number of aryl methyl sites for hydroxylation is 3. The molecule has 3 rings (SSSR count). The summed E-state index contributed by atoms with van der Waals surface area (Å²) in [6.07, 6.45) is 1.89. The van der Waals surface area contributed by atoms with Crippen LogP contribution in [0.5, 0.6) is 0 Å². The van der Waals surface area contributed by atoms with Gasteiger partial charge >= 0.3 is 0 Å². The van der Waals surface area contributed by atoms with Crippen molar-refractivity contribution in [2.45, 2.75) is 39.7 Å². The van der Waals surface area contributed by atoms with Crippen molar-refractivity contribution in [3.8, 4) is 0 Å². The van der Waals surface area contributed by atoms with Gasteiger partial charge in [-0.05, 0) is 39.7 Å². The van der Waals surface area contributed by atoms with Gasteiger partial charge in [0.25, 0.3) is 5.91 Å². The second kappa shape index (κ2) is 4.81. The Morgan fingerprint density at radius 2 is 2.15 bits per heavy atom. The second-order valence-electron chi connectivity index (χ2n) is 5.35. The Morgan fingerprint density at radius 1 is 1.35 bits per heavy atom. The molecule has 20 heavy (non-hydrogen) atoms. The van der Waals surface area contributed by atoms with Crippen LogP contribution in [0, 0.1) is 20.8 Å². The number of aromatic nitrogens is 1. The first kappa shape index (κ1) is 13.0. The molecule has 1 amide bonds. The molecule has 0 aliphatic carbocycles. The number of amides is 1. The van der Waals surface area contributed by atoms with Gasteiger partial charge in [0.05, 0.1) is 17.3 Å². The molecule has 2 aromatic rings. The Kier molecular flexibility index (Phi) is 3.12. The normalized spacial score (nSPS) is 18.8. The van der Waals surface area contributed by atoms with Crippen LogP contribution in [0.4, 0.5) is 0 Å². The molecule has 1 saturated heterocycles. The van der Waals surface area contributed by atoms with Gasteiger partial charge in [-0.25, -0.2) is 0 Å². The van der Waals surface area contributed by atoms with Crippen LogP contribution in [0.3, 0.4) is 0 Å². The fraction of sp³-hybridized carbons (Fsp3) is 0.467. The second-order valence-corrected chi connectivity index (χ2v) is 5.35. The van der Waals surface area contributed by atoms with Gasteiger partial charge in [-0.3, -0.25) is 4.79 Å². The Hall–Kier alpha value is -2.04. The zero-order valence-electron chi connectivity index (χ0n) is 12.0. The number of nitrogens with zero attached hydrogens (tertiary/aromatic N) is 2. The summed E-state index contributed by atoms with van der Waals surface area (Å²) >= 11 is 0. The number of furan rings is 1. The summed E-state index contributed by atoms with van der Waals surface area (Å²) in [5, 5.41) is 3.92. The molecule has 0 saturated carbocycles. The fourth-order valence-electron chi connectivity index (χ4n) is 2.84. The molecule has 0 N–H and O–H groups in total. The molecular weight excluding hydrogens is 256 g/mol. The van der Waals surface area contributed by atoms with E-state index >= 15 is 0 Å². The van der Waals surface area contributed by atoms with Gasteiger partial charge in [0.15, 0.2) is 5.76 Å². The van der Waals surface area contributed by atoms with Crippen LogP contribution in [0.25, 0.3) is 0 Å². The fourth-order valence-corrected chi connectivity index (χ4v) is 2.84. The van der Waals surface area contributed by atoms with E-state index in [1.807, 2.05) is 31.7 Å². The van der Waals surface area contributed by atoms with Crippen molar-refractivity contribution in [1.29, 1.82) is 0 Å². The van der Waals surface area contributed by atoms with Crippen LogP contribution in [0.2, 0.25) is 0 Å². The summed E-state index contributed by atoms with van der Waals surface area (Å²) < 4.78 is 10.8. The van der Waals surface area contributed by atoms with Crippen LogP contribution >= 0.6 is 0 Å². The molecular formula is C15H18N2O3. The summed E-state index contributed by atoms with van der Waals surface area (Å²) in [5.74, 6) is 2.21. The molecule has 1 aliphatic rings. The molecule has 0 radical (unpaired) electrons. The summed E-state index contributed by atoms with van der Waals surface area (Å²) in [5.41, 5.74) is 1.49. The van der Waals surface area contributed by atoms with Crippen molar-refractivity contribution in [3.05, 3.63) is 40.7 Å². The van der Waals surface area contributed by atoms with Crippen LogP contribution in [-0.4, -0.2) is 22.5 Å². The predicted molar refractivity (Wildman–Crippen MR) is 72.4 cm³/mol. The minimum absolute atomic E-state index is 0.0101. The number of carbonyl (C=O) groups is 1. The van der Waals surface area contributed by atoms with Gasteiger partial charge in [0, 0.05) is 12.6 Å². The number of hydrogen-bond acceptors (Lipinski definition) is 4. The third-order valence-electron chi connectivity index (χ3n) is 3.76. The predicted octanol–water partition coefficient (Wildman–Crippen LogP) is 3.17.